The van der Waals surface area contributed by atoms with Crippen LogP contribution in [0.1, 0.15) is 19.3 Å². The molecule has 2 N–H and O–H groups in total. The number of hydrogen-bond donors (Lipinski definition) is 2. The number of nitrogens with zero attached hydrogens (tertiary/aromatic N) is 2. The predicted molar refractivity (Wildman–Crippen MR) is 56.6 cm³/mol. The number of halogens is 1. The minimum atomic E-state index is -0.141. The van der Waals surface area contributed by atoms with Crippen LogP contribution >= 0.6 is 11.6 Å². The van der Waals surface area contributed by atoms with E-state index in [2.05, 4.69) is 15.3 Å². The fourth-order valence-corrected chi connectivity index (χ4v) is 1.15. The maximum absolute atomic E-state index is 11.3. The number of unbranched alkanes of at least 4 members (excludes halogenated alkanes) is 1. The van der Waals surface area contributed by atoms with E-state index in [1.807, 2.05) is 0 Å². The van der Waals surface area contributed by atoms with Gasteiger partial charge in [-0.25, -0.2) is 9.97 Å². The van der Waals surface area contributed by atoms with Gasteiger partial charge in [0.2, 0.25) is 5.91 Å². The van der Waals surface area contributed by atoms with Crippen LogP contribution < -0.4 is 5.32 Å². The van der Waals surface area contributed by atoms with Crippen molar-refractivity contribution in [1.82, 2.24) is 9.97 Å². The van der Waals surface area contributed by atoms with Gasteiger partial charge in [-0.3, -0.25) is 4.79 Å². The monoisotopic (exact) mass is 229 g/mol. The molecule has 1 aromatic rings. The van der Waals surface area contributed by atoms with Crippen LogP contribution in [0.2, 0.25) is 5.15 Å². The number of aliphatic hydroxyl groups is 1. The standard InChI is InChI=1S/C9H12ClN3O2/c10-7-5-8(12-6-11-7)13-9(15)3-1-2-4-14/h5-6,14H,1-4H2,(H,11,12,13,15). The molecule has 0 bridgehead atoms. The van der Waals surface area contributed by atoms with Gasteiger partial charge in [-0.05, 0) is 12.8 Å². The first-order chi connectivity index (χ1) is 7.22. The lowest BCUT2D eigenvalue weighted by atomic mass is 10.2. The van der Waals surface area contributed by atoms with Crippen LogP contribution in [0.4, 0.5) is 5.82 Å². The number of nitrogens with one attached hydrogen (secondary N) is 1. The summed E-state index contributed by atoms with van der Waals surface area (Å²) in [6.07, 6.45) is 2.92. The Hall–Kier alpha value is -1.20. The van der Waals surface area contributed by atoms with Crippen molar-refractivity contribution in [2.24, 2.45) is 0 Å². The van der Waals surface area contributed by atoms with E-state index in [9.17, 15) is 4.79 Å². The van der Waals surface area contributed by atoms with Crippen molar-refractivity contribution >= 4 is 23.3 Å². The largest absolute Gasteiger partial charge is 0.396 e. The molecule has 0 fully saturated rings. The van der Waals surface area contributed by atoms with E-state index in [-0.39, 0.29) is 17.7 Å². The van der Waals surface area contributed by atoms with Crippen LogP contribution in [0.25, 0.3) is 0 Å². The lowest BCUT2D eigenvalue weighted by Gasteiger charge is -2.03. The van der Waals surface area contributed by atoms with E-state index >= 15 is 0 Å². The molecular weight excluding hydrogens is 218 g/mol. The molecule has 6 heteroatoms. The zero-order valence-electron chi connectivity index (χ0n) is 8.11. The number of carbonyl (C=O) groups is 1. The highest BCUT2D eigenvalue weighted by Crippen LogP contribution is 2.09. The summed E-state index contributed by atoms with van der Waals surface area (Å²) < 4.78 is 0. The number of aliphatic hydroxyl groups excluding tert-OH is 1. The van der Waals surface area contributed by atoms with Crippen LogP contribution in [-0.4, -0.2) is 27.6 Å². The van der Waals surface area contributed by atoms with Gasteiger partial charge in [0.15, 0.2) is 0 Å². The molecule has 1 aromatic heterocycles. The Kier molecular flexibility index (Phi) is 5.00. The molecule has 0 radical (unpaired) electrons. The van der Waals surface area contributed by atoms with Crippen LogP contribution in [0.3, 0.4) is 0 Å². The van der Waals surface area contributed by atoms with Crippen molar-refractivity contribution in [3.05, 3.63) is 17.5 Å². The Morgan fingerprint density at radius 2 is 2.27 bits per heavy atom. The molecule has 0 aliphatic heterocycles. The van der Waals surface area contributed by atoms with Gasteiger partial charge in [0.05, 0.1) is 0 Å². The minimum absolute atomic E-state index is 0.104. The number of amides is 1. The molecule has 0 saturated carbocycles. The molecule has 5 nitrogen and oxygen atoms in total. The minimum Gasteiger partial charge on any atom is -0.396 e. The van der Waals surface area contributed by atoms with Crippen LogP contribution in [0.5, 0.6) is 0 Å². The highest BCUT2D eigenvalue weighted by Gasteiger charge is 2.03. The molecule has 0 atom stereocenters. The summed E-state index contributed by atoms with van der Waals surface area (Å²) >= 11 is 5.62. The summed E-state index contributed by atoms with van der Waals surface area (Å²) in [6.45, 7) is 0.104. The number of carbonyl (C=O) groups excluding carboxylic acids is 1. The smallest absolute Gasteiger partial charge is 0.225 e. The summed E-state index contributed by atoms with van der Waals surface area (Å²) in [4.78, 5) is 18.8. The van der Waals surface area contributed by atoms with E-state index in [1.54, 1.807) is 0 Å². The first kappa shape index (κ1) is 11.9. The summed E-state index contributed by atoms with van der Waals surface area (Å²) in [5, 5.41) is 11.4. The quantitative estimate of drug-likeness (QED) is 0.588. The molecule has 0 unspecified atom stereocenters. The predicted octanol–water partition coefficient (Wildman–Crippen LogP) is 1.23. The summed E-state index contributed by atoms with van der Waals surface area (Å²) in [5.74, 6) is 0.252. The van der Waals surface area contributed by atoms with E-state index in [0.717, 1.165) is 0 Å². The lowest BCUT2D eigenvalue weighted by Crippen LogP contribution is -2.12. The van der Waals surface area contributed by atoms with Crippen molar-refractivity contribution in [3.8, 4) is 0 Å². The second-order valence-corrected chi connectivity index (χ2v) is 3.34. The second kappa shape index (κ2) is 6.31. The second-order valence-electron chi connectivity index (χ2n) is 2.95. The van der Waals surface area contributed by atoms with Crippen molar-refractivity contribution in [2.45, 2.75) is 19.3 Å². The first-order valence-electron chi connectivity index (χ1n) is 4.60. The molecule has 0 aliphatic rings. The Bertz CT molecular complexity index is 333. The van der Waals surface area contributed by atoms with Crippen LogP contribution in [0.15, 0.2) is 12.4 Å². The van der Waals surface area contributed by atoms with E-state index in [1.165, 1.54) is 12.4 Å². The van der Waals surface area contributed by atoms with Crippen molar-refractivity contribution in [1.29, 1.82) is 0 Å². The number of rotatable bonds is 5. The SMILES string of the molecule is O=C(CCCCO)Nc1cc(Cl)ncn1. The van der Waals surface area contributed by atoms with Gasteiger partial charge in [-0.1, -0.05) is 11.6 Å². The van der Waals surface area contributed by atoms with E-state index in [4.69, 9.17) is 16.7 Å². The van der Waals surface area contributed by atoms with Gasteiger partial charge < -0.3 is 10.4 Å². The van der Waals surface area contributed by atoms with E-state index < -0.39 is 0 Å². The van der Waals surface area contributed by atoms with Crippen molar-refractivity contribution in [3.63, 3.8) is 0 Å². The summed E-state index contributed by atoms with van der Waals surface area (Å²) in [7, 11) is 0. The van der Waals surface area contributed by atoms with Gasteiger partial charge in [0.25, 0.3) is 0 Å². The fourth-order valence-electron chi connectivity index (χ4n) is 1.00. The number of anilines is 1. The highest BCUT2D eigenvalue weighted by atomic mass is 35.5. The lowest BCUT2D eigenvalue weighted by molar-refractivity contribution is -0.116. The molecule has 1 rings (SSSR count). The highest BCUT2D eigenvalue weighted by molar-refractivity contribution is 6.29. The zero-order valence-corrected chi connectivity index (χ0v) is 8.87. The number of aromatic nitrogens is 2. The average Bonchev–Trinajstić information content (AvgIpc) is 2.18. The van der Waals surface area contributed by atoms with Crippen LogP contribution in [0, 0.1) is 0 Å². The van der Waals surface area contributed by atoms with Crippen LogP contribution in [-0.2, 0) is 4.79 Å². The molecule has 1 amide bonds. The average molecular weight is 230 g/mol. The maximum atomic E-state index is 11.3. The van der Waals surface area contributed by atoms with Crippen molar-refractivity contribution in [2.75, 3.05) is 11.9 Å². The molecule has 0 aliphatic carbocycles. The Balaban J connectivity index is 2.37. The Morgan fingerprint density at radius 1 is 1.47 bits per heavy atom. The van der Waals surface area contributed by atoms with Gasteiger partial charge in [-0.15, -0.1) is 0 Å². The topological polar surface area (TPSA) is 75.1 Å². The normalized spacial score (nSPS) is 10.0. The van der Waals surface area contributed by atoms with E-state index in [0.29, 0.717) is 25.1 Å². The fraction of sp³-hybridized carbons (Fsp3) is 0.444. The number of hydrogen-bond acceptors (Lipinski definition) is 4. The molecule has 0 aromatic carbocycles. The van der Waals surface area contributed by atoms with Gasteiger partial charge in [0.1, 0.15) is 17.3 Å². The Morgan fingerprint density at radius 3 is 2.93 bits per heavy atom. The molecular formula is C9H12ClN3O2. The molecule has 0 spiro atoms. The zero-order chi connectivity index (χ0) is 11.1. The van der Waals surface area contributed by atoms with Gasteiger partial charge in [0, 0.05) is 19.1 Å². The molecule has 0 saturated heterocycles. The van der Waals surface area contributed by atoms with Gasteiger partial charge in [-0.2, -0.15) is 0 Å². The summed E-state index contributed by atoms with van der Waals surface area (Å²) in [5.41, 5.74) is 0. The third-order valence-corrected chi connectivity index (χ3v) is 1.92. The summed E-state index contributed by atoms with van der Waals surface area (Å²) in [6, 6.07) is 1.48. The molecule has 15 heavy (non-hydrogen) atoms. The van der Waals surface area contributed by atoms with Gasteiger partial charge >= 0.3 is 0 Å². The maximum Gasteiger partial charge on any atom is 0.225 e. The molecule has 82 valence electrons. The third-order valence-electron chi connectivity index (χ3n) is 1.71. The molecule has 1 heterocycles. The first-order valence-corrected chi connectivity index (χ1v) is 4.98. The van der Waals surface area contributed by atoms with Crippen molar-refractivity contribution < 1.29 is 9.90 Å². The third kappa shape index (κ3) is 4.71. The Labute approximate surface area is 92.5 Å².